The lowest BCUT2D eigenvalue weighted by Crippen LogP contribution is -2.32. The summed E-state index contributed by atoms with van der Waals surface area (Å²) in [5.41, 5.74) is 1.91. The lowest BCUT2D eigenvalue weighted by atomic mass is 9.93. The second-order valence-electron chi connectivity index (χ2n) is 6.65. The van der Waals surface area contributed by atoms with E-state index in [1.54, 1.807) is 0 Å². The van der Waals surface area contributed by atoms with Gasteiger partial charge in [0.1, 0.15) is 5.01 Å². The highest BCUT2D eigenvalue weighted by Gasteiger charge is 2.39. The van der Waals surface area contributed by atoms with Gasteiger partial charge < -0.3 is 10.4 Å². The number of aromatic nitrogens is 1. The monoisotopic (exact) mass is 354 g/mol. The first-order valence-electron chi connectivity index (χ1n) is 8.34. The number of hydrogen-bond donors (Lipinski definition) is 2. The van der Waals surface area contributed by atoms with E-state index in [2.05, 4.69) is 22.5 Å². The fraction of sp³-hybridized carbons (Fsp3) is 0.316. The van der Waals surface area contributed by atoms with Crippen LogP contribution in [0, 0.1) is 17.8 Å². The van der Waals surface area contributed by atoms with Crippen molar-refractivity contribution in [3.63, 3.8) is 0 Å². The summed E-state index contributed by atoms with van der Waals surface area (Å²) < 4.78 is 0. The molecule has 25 heavy (non-hydrogen) atoms. The number of nitrogens with zero attached hydrogens (tertiary/aromatic N) is 1. The molecule has 1 aromatic heterocycles. The zero-order chi connectivity index (χ0) is 17.4. The number of thiazole rings is 1. The first kappa shape index (κ1) is 16.0. The fourth-order valence-corrected chi connectivity index (χ4v) is 4.51. The van der Waals surface area contributed by atoms with Gasteiger partial charge in [-0.1, -0.05) is 30.4 Å². The molecule has 5 nitrogen and oxygen atoms in total. The molecule has 2 aromatic rings. The van der Waals surface area contributed by atoms with Gasteiger partial charge in [-0.15, -0.1) is 11.3 Å². The molecule has 1 heterocycles. The molecule has 3 unspecified atom stereocenters. The highest BCUT2D eigenvalue weighted by molar-refractivity contribution is 7.13. The van der Waals surface area contributed by atoms with E-state index in [0.29, 0.717) is 23.4 Å². The first-order chi connectivity index (χ1) is 12.1. The summed E-state index contributed by atoms with van der Waals surface area (Å²) in [6.07, 6.45) is 6.49. The molecule has 1 amide bonds. The molecule has 4 rings (SSSR count). The van der Waals surface area contributed by atoms with Crippen molar-refractivity contribution in [1.82, 2.24) is 10.3 Å². The molecular formula is C19H18N2O3S. The van der Waals surface area contributed by atoms with Crippen LogP contribution in [0.25, 0.3) is 10.6 Å². The van der Waals surface area contributed by atoms with Gasteiger partial charge in [-0.25, -0.2) is 9.78 Å². The van der Waals surface area contributed by atoms with E-state index in [9.17, 15) is 9.59 Å². The number of rotatable bonds is 5. The SMILES string of the molecule is O=C(O)c1csc(-c2cccc(CNC(=O)C3CC4C=CC3C4)c2)n1. The van der Waals surface area contributed by atoms with Gasteiger partial charge in [0.25, 0.3) is 0 Å². The first-order valence-corrected chi connectivity index (χ1v) is 9.22. The Bertz CT molecular complexity index is 858. The van der Waals surface area contributed by atoms with Crippen molar-refractivity contribution in [3.05, 3.63) is 53.1 Å². The number of carbonyl (C=O) groups is 2. The average Bonchev–Trinajstić information content (AvgIpc) is 3.35. The Kier molecular flexibility index (Phi) is 4.13. The van der Waals surface area contributed by atoms with Crippen molar-refractivity contribution >= 4 is 23.2 Å². The second-order valence-corrected chi connectivity index (χ2v) is 7.51. The summed E-state index contributed by atoms with van der Waals surface area (Å²) >= 11 is 1.31. The van der Waals surface area contributed by atoms with Gasteiger partial charge >= 0.3 is 5.97 Å². The molecular weight excluding hydrogens is 336 g/mol. The van der Waals surface area contributed by atoms with E-state index < -0.39 is 5.97 Å². The number of carboxylic acid groups (broad SMARTS) is 1. The molecule has 0 saturated heterocycles. The standard InChI is InChI=1S/C19H18N2O3S/c22-17(15-8-11-4-5-13(15)6-11)20-9-12-2-1-3-14(7-12)18-21-16(10-25-18)19(23)24/h1-5,7,10-11,13,15H,6,8-9H2,(H,20,22)(H,23,24). The Balaban J connectivity index is 1.42. The summed E-state index contributed by atoms with van der Waals surface area (Å²) in [5.74, 6) is 0.198. The highest BCUT2D eigenvalue weighted by Crippen LogP contribution is 2.43. The minimum atomic E-state index is -1.02. The molecule has 1 aromatic carbocycles. The molecule has 0 radical (unpaired) electrons. The topological polar surface area (TPSA) is 79.3 Å². The van der Waals surface area contributed by atoms with Crippen LogP contribution in [0.3, 0.4) is 0 Å². The van der Waals surface area contributed by atoms with E-state index in [4.69, 9.17) is 5.11 Å². The maximum absolute atomic E-state index is 12.4. The highest BCUT2D eigenvalue weighted by atomic mass is 32.1. The second kappa shape index (κ2) is 6.44. The van der Waals surface area contributed by atoms with Crippen LogP contribution < -0.4 is 5.32 Å². The van der Waals surface area contributed by atoms with E-state index >= 15 is 0 Å². The summed E-state index contributed by atoms with van der Waals surface area (Å²) in [6, 6.07) is 7.71. The molecule has 6 heteroatoms. The van der Waals surface area contributed by atoms with Crippen molar-refractivity contribution in [2.24, 2.45) is 17.8 Å². The number of carbonyl (C=O) groups excluding carboxylic acids is 1. The summed E-state index contributed by atoms with van der Waals surface area (Å²) in [7, 11) is 0. The predicted octanol–water partition coefficient (Wildman–Crippen LogP) is 3.34. The lowest BCUT2D eigenvalue weighted by molar-refractivity contribution is -0.125. The van der Waals surface area contributed by atoms with Crippen molar-refractivity contribution in [3.8, 4) is 10.6 Å². The Hall–Kier alpha value is -2.47. The van der Waals surface area contributed by atoms with Crippen molar-refractivity contribution < 1.29 is 14.7 Å². The number of benzene rings is 1. The molecule has 1 saturated carbocycles. The third kappa shape index (κ3) is 3.22. The minimum absolute atomic E-state index is 0.0584. The van der Waals surface area contributed by atoms with Crippen LogP contribution >= 0.6 is 11.3 Å². The number of fused-ring (bicyclic) bond motifs is 2. The van der Waals surface area contributed by atoms with Crippen LogP contribution in [0.2, 0.25) is 0 Å². The van der Waals surface area contributed by atoms with E-state index in [-0.39, 0.29) is 17.5 Å². The number of carboxylic acids is 1. The lowest BCUT2D eigenvalue weighted by Gasteiger charge is -2.17. The van der Waals surface area contributed by atoms with Gasteiger partial charge in [-0.2, -0.15) is 0 Å². The number of hydrogen-bond acceptors (Lipinski definition) is 4. The van der Waals surface area contributed by atoms with Crippen LogP contribution in [0.5, 0.6) is 0 Å². The van der Waals surface area contributed by atoms with Crippen LogP contribution in [0.1, 0.15) is 28.9 Å². The number of nitrogens with one attached hydrogen (secondary N) is 1. The van der Waals surface area contributed by atoms with Crippen LogP contribution in [-0.4, -0.2) is 22.0 Å². The normalized spacial score (nSPS) is 23.8. The predicted molar refractivity (Wildman–Crippen MR) is 95.2 cm³/mol. The summed E-state index contributed by atoms with van der Waals surface area (Å²) in [5, 5.41) is 14.2. The quantitative estimate of drug-likeness (QED) is 0.807. The Labute approximate surface area is 149 Å². The van der Waals surface area contributed by atoms with Crippen LogP contribution in [0.15, 0.2) is 41.8 Å². The molecule has 2 bridgehead atoms. The molecule has 128 valence electrons. The zero-order valence-electron chi connectivity index (χ0n) is 13.5. The van der Waals surface area contributed by atoms with Crippen LogP contribution in [-0.2, 0) is 11.3 Å². The van der Waals surface area contributed by atoms with E-state index in [1.807, 2.05) is 24.3 Å². The van der Waals surface area contributed by atoms with Gasteiger partial charge in [-0.3, -0.25) is 4.79 Å². The molecule has 2 aliphatic rings. The van der Waals surface area contributed by atoms with Crippen LogP contribution in [0.4, 0.5) is 0 Å². The van der Waals surface area contributed by atoms with Gasteiger partial charge in [-0.05, 0) is 36.3 Å². The Morgan fingerprint density at radius 1 is 1.28 bits per heavy atom. The number of aromatic carboxylic acids is 1. The minimum Gasteiger partial charge on any atom is -0.476 e. The van der Waals surface area contributed by atoms with E-state index in [0.717, 1.165) is 24.0 Å². The smallest absolute Gasteiger partial charge is 0.355 e. The maximum Gasteiger partial charge on any atom is 0.355 e. The van der Waals surface area contributed by atoms with Crippen molar-refractivity contribution in [2.45, 2.75) is 19.4 Å². The molecule has 3 atom stereocenters. The number of allylic oxidation sites excluding steroid dienone is 2. The molecule has 1 fully saturated rings. The Morgan fingerprint density at radius 3 is 2.84 bits per heavy atom. The van der Waals surface area contributed by atoms with E-state index in [1.165, 1.54) is 16.7 Å². The third-order valence-corrected chi connectivity index (χ3v) is 5.87. The number of amides is 1. The molecule has 2 aliphatic carbocycles. The zero-order valence-corrected chi connectivity index (χ0v) is 14.3. The summed E-state index contributed by atoms with van der Waals surface area (Å²) in [6.45, 7) is 0.474. The fourth-order valence-electron chi connectivity index (χ4n) is 3.72. The Morgan fingerprint density at radius 2 is 2.16 bits per heavy atom. The summed E-state index contributed by atoms with van der Waals surface area (Å²) in [4.78, 5) is 27.5. The van der Waals surface area contributed by atoms with Crippen molar-refractivity contribution in [2.75, 3.05) is 0 Å². The van der Waals surface area contributed by atoms with Gasteiger partial charge in [0, 0.05) is 23.4 Å². The molecule has 0 spiro atoms. The third-order valence-electron chi connectivity index (χ3n) is 4.98. The van der Waals surface area contributed by atoms with Gasteiger partial charge in [0.05, 0.1) is 0 Å². The maximum atomic E-state index is 12.4. The average molecular weight is 354 g/mol. The molecule has 2 N–H and O–H groups in total. The largest absolute Gasteiger partial charge is 0.476 e. The van der Waals surface area contributed by atoms with Gasteiger partial charge in [0.15, 0.2) is 5.69 Å². The molecule has 0 aliphatic heterocycles. The van der Waals surface area contributed by atoms with Crippen molar-refractivity contribution in [1.29, 1.82) is 0 Å². The van der Waals surface area contributed by atoms with Gasteiger partial charge in [0.2, 0.25) is 5.91 Å².